The molecule has 0 amide bonds. The maximum atomic E-state index is 9.04. The van der Waals surface area contributed by atoms with E-state index in [-0.39, 0.29) is 0 Å². The minimum Gasteiger partial charge on any atom is -0.398 e. The molecule has 6 heterocycles. The number of nitrogens with two attached hydrogens (primary N) is 1. The third-order valence-electron chi connectivity index (χ3n) is 5.69. The molecule has 4 aromatic heterocycles. The van der Waals surface area contributed by atoms with Gasteiger partial charge in [-0.15, -0.1) is 10.2 Å². The molecule has 6 rings (SSSR count). The molecule has 0 saturated carbocycles. The van der Waals surface area contributed by atoms with E-state index in [0.717, 1.165) is 66.3 Å². The first-order valence-corrected chi connectivity index (χ1v) is 12.1. The van der Waals surface area contributed by atoms with Crippen LogP contribution in [0.1, 0.15) is 18.4 Å². The molecule has 0 aliphatic carbocycles. The van der Waals surface area contributed by atoms with Crippen molar-refractivity contribution in [2.75, 3.05) is 50.0 Å². The van der Waals surface area contributed by atoms with Crippen LogP contribution in [-0.4, -0.2) is 64.2 Å². The van der Waals surface area contributed by atoms with E-state index in [4.69, 9.17) is 15.7 Å². The fraction of sp³-hybridized carbons (Fsp3) is 0.348. The van der Waals surface area contributed by atoms with E-state index in [0.29, 0.717) is 16.9 Å². The Hall–Kier alpha value is -3.59. The van der Waals surface area contributed by atoms with E-state index >= 15 is 0 Å². The number of pyridine rings is 1. The predicted octanol–water partition coefficient (Wildman–Crippen LogP) is 2.58. The molecule has 0 radical (unpaired) electrons. The van der Waals surface area contributed by atoms with Crippen molar-refractivity contribution < 1.29 is 4.74 Å². The van der Waals surface area contributed by atoms with Crippen LogP contribution in [0.2, 0.25) is 0 Å². The van der Waals surface area contributed by atoms with Gasteiger partial charge in [-0.3, -0.25) is 4.98 Å². The lowest BCUT2D eigenvalue weighted by atomic mass is 10.2. The van der Waals surface area contributed by atoms with Crippen molar-refractivity contribution in [1.29, 1.82) is 5.26 Å². The molecule has 0 bridgehead atoms. The zero-order valence-corrected chi connectivity index (χ0v) is 19.5. The Bertz CT molecular complexity index is 1310. The molecule has 0 spiro atoms. The summed E-state index contributed by atoms with van der Waals surface area (Å²) >= 11 is 1.52. The van der Waals surface area contributed by atoms with Crippen LogP contribution in [-0.2, 0) is 4.74 Å². The zero-order chi connectivity index (χ0) is 23.3. The number of fused-ring (bicyclic) bond motifs is 1. The predicted molar refractivity (Wildman–Crippen MR) is 132 cm³/mol. The number of nitriles is 1. The van der Waals surface area contributed by atoms with Crippen LogP contribution in [0.25, 0.3) is 27.5 Å². The van der Waals surface area contributed by atoms with Crippen molar-refractivity contribution >= 4 is 27.7 Å². The smallest absolute Gasteiger partial charge is 0.208 e. The van der Waals surface area contributed by atoms with Gasteiger partial charge in [0.25, 0.3) is 0 Å². The summed E-state index contributed by atoms with van der Waals surface area (Å²) in [4.78, 5) is 6.81. The first-order chi connectivity index (χ1) is 16.7. The van der Waals surface area contributed by atoms with Crippen molar-refractivity contribution in [1.82, 2.24) is 30.1 Å². The summed E-state index contributed by atoms with van der Waals surface area (Å²) in [5, 5.41) is 27.0. The van der Waals surface area contributed by atoms with Crippen LogP contribution < -0.4 is 16.0 Å². The van der Waals surface area contributed by atoms with Crippen LogP contribution in [0, 0.1) is 11.3 Å². The van der Waals surface area contributed by atoms with E-state index in [1.54, 1.807) is 16.8 Å². The maximum Gasteiger partial charge on any atom is 0.208 e. The van der Waals surface area contributed by atoms with E-state index in [2.05, 4.69) is 36.6 Å². The van der Waals surface area contributed by atoms with E-state index in [1.807, 2.05) is 18.2 Å². The normalized spacial score (nSPS) is 15.7. The Labute approximate surface area is 201 Å². The number of ether oxygens (including phenoxy) is 1. The summed E-state index contributed by atoms with van der Waals surface area (Å²) in [6.45, 7) is 5.73. The number of nitrogens with one attached hydrogen (secondary N) is 1. The van der Waals surface area contributed by atoms with Crippen LogP contribution in [0.15, 0.2) is 36.7 Å². The summed E-state index contributed by atoms with van der Waals surface area (Å²) < 4.78 is 6.69. The number of hydrogen-bond acceptors (Lipinski definition) is 10. The Morgan fingerprint density at radius 2 is 1.91 bits per heavy atom. The summed E-state index contributed by atoms with van der Waals surface area (Å²) in [6.07, 6.45) is 5.82. The lowest BCUT2D eigenvalue weighted by Gasteiger charge is -2.26. The second-order valence-electron chi connectivity index (χ2n) is 8.01. The molecule has 34 heavy (non-hydrogen) atoms. The molecule has 3 N–H and O–H groups in total. The average molecular weight is 476 g/mol. The summed E-state index contributed by atoms with van der Waals surface area (Å²) in [7, 11) is 0. The molecule has 4 aromatic rings. The highest BCUT2D eigenvalue weighted by molar-refractivity contribution is 7.18. The van der Waals surface area contributed by atoms with Crippen molar-refractivity contribution in [2.24, 2.45) is 0 Å². The van der Waals surface area contributed by atoms with Crippen LogP contribution >= 0.6 is 11.3 Å². The first-order valence-electron chi connectivity index (χ1n) is 11.2. The third kappa shape index (κ3) is 4.70. The van der Waals surface area contributed by atoms with E-state index in [1.165, 1.54) is 30.4 Å². The van der Waals surface area contributed by atoms with Crippen molar-refractivity contribution in [2.45, 2.75) is 12.8 Å². The SMILES string of the molecule is C1CCOC1.N#Cc1cnn2c(-c3cc(N)c(-c4nnc(N5CCNCC5)s4)cn3)ccc2c1. The Kier molecular flexibility index (Phi) is 6.62. The second kappa shape index (κ2) is 10.1. The number of nitrogens with zero attached hydrogens (tertiary/aromatic N) is 7. The Morgan fingerprint density at radius 1 is 1.09 bits per heavy atom. The number of piperazine rings is 1. The largest absolute Gasteiger partial charge is 0.398 e. The minimum absolute atomic E-state index is 0.515. The van der Waals surface area contributed by atoms with Crippen LogP contribution in [0.3, 0.4) is 0 Å². The quantitative estimate of drug-likeness (QED) is 0.459. The van der Waals surface area contributed by atoms with Gasteiger partial charge in [-0.1, -0.05) is 11.3 Å². The number of nitrogen functional groups attached to an aromatic ring is 1. The Morgan fingerprint density at radius 3 is 2.62 bits per heavy atom. The van der Waals surface area contributed by atoms with Gasteiger partial charge in [0.05, 0.1) is 34.2 Å². The van der Waals surface area contributed by atoms with Gasteiger partial charge < -0.3 is 20.7 Å². The van der Waals surface area contributed by atoms with Gasteiger partial charge in [-0.05, 0) is 37.1 Å². The minimum atomic E-state index is 0.515. The molecule has 11 heteroatoms. The molecule has 174 valence electrons. The average Bonchev–Trinajstić information content (AvgIpc) is 3.67. The number of hydrogen-bond donors (Lipinski definition) is 2. The highest BCUT2D eigenvalue weighted by atomic mass is 32.1. The lowest BCUT2D eigenvalue weighted by Crippen LogP contribution is -2.43. The summed E-state index contributed by atoms with van der Waals surface area (Å²) in [5.74, 6) is 0. The number of anilines is 2. The van der Waals surface area contributed by atoms with Gasteiger partial charge in [-0.25, -0.2) is 4.52 Å². The molecule has 0 atom stereocenters. The van der Waals surface area contributed by atoms with Gasteiger partial charge in [0, 0.05) is 51.3 Å². The van der Waals surface area contributed by atoms with Crippen LogP contribution in [0.5, 0.6) is 0 Å². The molecule has 0 aromatic carbocycles. The van der Waals surface area contributed by atoms with Gasteiger partial charge in [0.2, 0.25) is 5.13 Å². The molecule has 2 saturated heterocycles. The molecule has 10 nitrogen and oxygen atoms in total. The third-order valence-corrected chi connectivity index (χ3v) is 6.70. The number of rotatable bonds is 3. The standard InChI is InChI=1S/C19H17N9S.C4H8O/c20-9-12-7-13-1-2-17(28(13)24-10-12)16-8-15(21)14(11-23-16)18-25-26-19(29-18)27-5-3-22-4-6-27;1-2-4-5-3-1/h1-2,7-8,10-11,22H,3-6H2,(H2,21,23);1-4H2. The molecular weight excluding hydrogens is 450 g/mol. The van der Waals surface area contributed by atoms with Crippen LogP contribution in [0.4, 0.5) is 10.8 Å². The maximum absolute atomic E-state index is 9.04. The van der Waals surface area contributed by atoms with Gasteiger partial charge in [0.1, 0.15) is 6.07 Å². The molecular formula is C23H25N9OS. The topological polar surface area (TPSA) is 130 Å². The fourth-order valence-electron chi connectivity index (χ4n) is 3.86. The van der Waals surface area contributed by atoms with E-state index in [9.17, 15) is 0 Å². The second-order valence-corrected chi connectivity index (χ2v) is 8.97. The molecule has 2 aliphatic rings. The zero-order valence-electron chi connectivity index (χ0n) is 18.6. The summed E-state index contributed by atoms with van der Waals surface area (Å²) in [5.41, 5.74) is 10.5. The van der Waals surface area contributed by atoms with Crippen molar-refractivity contribution in [3.63, 3.8) is 0 Å². The van der Waals surface area contributed by atoms with Gasteiger partial charge >= 0.3 is 0 Å². The molecule has 0 unspecified atom stereocenters. The highest BCUT2D eigenvalue weighted by Crippen LogP contribution is 2.33. The lowest BCUT2D eigenvalue weighted by molar-refractivity contribution is 0.198. The number of aromatic nitrogens is 5. The van der Waals surface area contributed by atoms with Gasteiger partial charge in [0.15, 0.2) is 5.01 Å². The fourth-order valence-corrected chi connectivity index (χ4v) is 4.79. The Balaban J connectivity index is 0.000000429. The van der Waals surface area contributed by atoms with E-state index < -0.39 is 0 Å². The van der Waals surface area contributed by atoms with Crippen molar-refractivity contribution in [3.05, 3.63) is 42.2 Å². The monoisotopic (exact) mass is 475 g/mol. The molecule has 2 fully saturated rings. The molecule has 2 aliphatic heterocycles. The highest BCUT2D eigenvalue weighted by Gasteiger charge is 2.18. The van der Waals surface area contributed by atoms with Gasteiger partial charge in [-0.2, -0.15) is 10.4 Å². The summed E-state index contributed by atoms with van der Waals surface area (Å²) in [6, 6.07) is 9.52. The first kappa shape index (κ1) is 22.2. The van der Waals surface area contributed by atoms with Crippen molar-refractivity contribution in [3.8, 4) is 28.0 Å².